The molecule has 42 heavy (non-hydrogen) atoms. The fraction of sp³-hybridized carbons (Fsp3) is 0. The Hall–Kier alpha value is -5.18. The van der Waals surface area contributed by atoms with E-state index in [0.717, 1.165) is 5.69 Å². The van der Waals surface area contributed by atoms with Gasteiger partial charge in [-0.05, 0) is 68.0 Å². The molecule has 0 atom stereocenters. The fourth-order valence-electron chi connectivity index (χ4n) is 6.76. The molecule has 0 amide bonds. The van der Waals surface area contributed by atoms with Gasteiger partial charge >= 0.3 is 0 Å². The number of rotatable bonds is 3. The van der Waals surface area contributed by atoms with Crippen LogP contribution in [0.15, 0.2) is 152 Å². The van der Waals surface area contributed by atoms with Crippen LogP contribution in [-0.2, 0) is 0 Å². The van der Waals surface area contributed by atoms with E-state index in [1.165, 1.54) is 74.6 Å². The summed E-state index contributed by atoms with van der Waals surface area (Å²) in [4.78, 5) is 2.47. The minimum Gasteiger partial charge on any atom is -0.308 e. The SMILES string of the molecule is c1ccc(N(c2cc3ccc4ccccc4c3c3ccccc23)c2cccc3c2sc2ccc4ccccc4c23)cc1. The standard InChI is InChI=1S/C40H25NS/c1-2-13-29(14-3-1)41(35-20-10-19-34-39-31-16-7-5-12-27(31)23-24-37(39)42-40(34)35)36-25-28-22-21-26-11-4-6-15-30(26)38(28)33-18-9-8-17-32(33)36/h1-25H. The molecule has 0 bridgehead atoms. The first kappa shape index (κ1) is 23.5. The lowest BCUT2D eigenvalue weighted by Crippen LogP contribution is -2.10. The lowest BCUT2D eigenvalue weighted by Gasteiger charge is -2.28. The van der Waals surface area contributed by atoms with Crippen molar-refractivity contribution >= 4 is 91.7 Å². The van der Waals surface area contributed by atoms with E-state index in [0.29, 0.717) is 0 Å². The molecular weight excluding hydrogens is 527 g/mol. The van der Waals surface area contributed by atoms with Gasteiger partial charge in [0.15, 0.2) is 0 Å². The van der Waals surface area contributed by atoms with Crippen LogP contribution in [0.25, 0.3) is 63.3 Å². The Morgan fingerprint density at radius 1 is 0.381 bits per heavy atom. The van der Waals surface area contributed by atoms with E-state index >= 15 is 0 Å². The van der Waals surface area contributed by atoms with Gasteiger partial charge in [0, 0.05) is 26.5 Å². The summed E-state index contributed by atoms with van der Waals surface area (Å²) < 4.78 is 2.62. The maximum absolute atomic E-state index is 2.47. The van der Waals surface area contributed by atoms with Crippen LogP contribution in [0, 0.1) is 0 Å². The van der Waals surface area contributed by atoms with Gasteiger partial charge in [0.1, 0.15) is 0 Å². The van der Waals surface area contributed by atoms with Crippen LogP contribution in [0.3, 0.4) is 0 Å². The molecule has 2 heteroatoms. The van der Waals surface area contributed by atoms with E-state index in [4.69, 9.17) is 0 Å². The van der Waals surface area contributed by atoms with Gasteiger partial charge < -0.3 is 4.90 Å². The zero-order chi connectivity index (χ0) is 27.6. The second-order valence-electron chi connectivity index (χ2n) is 10.9. The second kappa shape index (κ2) is 9.17. The van der Waals surface area contributed by atoms with Crippen LogP contribution in [0.5, 0.6) is 0 Å². The molecule has 196 valence electrons. The first-order valence-electron chi connectivity index (χ1n) is 14.4. The lowest BCUT2D eigenvalue weighted by molar-refractivity contribution is 1.32. The van der Waals surface area contributed by atoms with E-state index in [-0.39, 0.29) is 0 Å². The maximum Gasteiger partial charge on any atom is 0.0640 e. The van der Waals surface area contributed by atoms with Crippen molar-refractivity contribution < 1.29 is 0 Å². The van der Waals surface area contributed by atoms with E-state index < -0.39 is 0 Å². The zero-order valence-corrected chi connectivity index (χ0v) is 23.6. The quantitative estimate of drug-likeness (QED) is 0.197. The molecule has 0 radical (unpaired) electrons. The molecule has 1 aromatic heterocycles. The highest BCUT2D eigenvalue weighted by Crippen LogP contribution is 2.49. The van der Waals surface area contributed by atoms with Gasteiger partial charge in [-0.1, -0.05) is 121 Å². The third-order valence-corrected chi connectivity index (χ3v) is 9.78. The highest BCUT2D eigenvalue weighted by atomic mass is 32.1. The van der Waals surface area contributed by atoms with Crippen molar-refractivity contribution in [3.8, 4) is 0 Å². The van der Waals surface area contributed by atoms with Gasteiger partial charge in [0.25, 0.3) is 0 Å². The van der Waals surface area contributed by atoms with Crippen molar-refractivity contribution in [1.82, 2.24) is 0 Å². The molecule has 9 aromatic rings. The summed E-state index contributed by atoms with van der Waals surface area (Å²) >= 11 is 1.89. The molecule has 9 rings (SSSR count). The molecule has 0 saturated heterocycles. The van der Waals surface area contributed by atoms with Crippen molar-refractivity contribution in [1.29, 1.82) is 0 Å². The number of fused-ring (bicyclic) bond motifs is 10. The Labute approximate surface area is 247 Å². The summed E-state index contributed by atoms with van der Waals surface area (Å²) in [7, 11) is 0. The van der Waals surface area contributed by atoms with Crippen LogP contribution in [0.4, 0.5) is 17.1 Å². The minimum absolute atomic E-state index is 1.15. The van der Waals surface area contributed by atoms with Crippen LogP contribution < -0.4 is 4.90 Å². The number of anilines is 3. The minimum atomic E-state index is 1.15. The Kier molecular flexibility index (Phi) is 5.13. The highest BCUT2D eigenvalue weighted by Gasteiger charge is 2.21. The monoisotopic (exact) mass is 551 g/mol. The third-order valence-electron chi connectivity index (χ3n) is 8.59. The first-order valence-corrected chi connectivity index (χ1v) is 15.2. The van der Waals surface area contributed by atoms with Crippen molar-refractivity contribution in [2.24, 2.45) is 0 Å². The predicted octanol–water partition coefficient (Wildman–Crippen LogP) is 12.1. The molecular formula is C40H25NS. The lowest BCUT2D eigenvalue weighted by atomic mass is 9.94. The van der Waals surface area contributed by atoms with Gasteiger partial charge in [-0.3, -0.25) is 0 Å². The van der Waals surface area contributed by atoms with E-state index in [2.05, 4.69) is 157 Å². The third kappa shape index (κ3) is 3.43. The largest absolute Gasteiger partial charge is 0.308 e. The fourth-order valence-corrected chi connectivity index (χ4v) is 7.98. The zero-order valence-electron chi connectivity index (χ0n) is 22.8. The summed E-state index contributed by atoms with van der Waals surface area (Å²) in [5, 5.41) is 12.9. The average Bonchev–Trinajstić information content (AvgIpc) is 3.45. The van der Waals surface area contributed by atoms with E-state index in [9.17, 15) is 0 Å². The second-order valence-corrected chi connectivity index (χ2v) is 12.0. The van der Waals surface area contributed by atoms with Gasteiger partial charge in [-0.25, -0.2) is 0 Å². The van der Waals surface area contributed by atoms with E-state index in [1.807, 2.05) is 11.3 Å². The molecule has 0 N–H and O–H groups in total. The smallest absolute Gasteiger partial charge is 0.0640 e. The summed E-state index contributed by atoms with van der Waals surface area (Å²) in [5.74, 6) is 0. The van der Waals surface area contributed by atoms with Gasteiger partial charge in [0.2, 0.25) is 0 Å². The molecule has 1 heterocycles. The normalized spacial score (nSPS) is 11.8. The molecule has 0 unspecified atom stereocenters. The van der Waals surface area contributed by atoms with Crippen LogP contribution in [-0.4, -0.2) is 0 Å². The first-order chi connectivity index (χ1) is 20.8. The molecule has 0 aliphatic heterocycles. The molecule has 0 aliphatic rings. The Balaban J connectivity index is 1.41. The van der Waals surface area contributed by atoms with Crippen molar-refractivity contribution in [3.05, 3.63) is 152 Å². The van der Waals surface area contributed by atoms with Gasteiger partial charge in [-0.15, -0.1) is 11.3 Å². The summed E-state index contributed by atoms with van der Waals surface area (Å²) in [5.41, 5.74) is 3.54. The van der Waals surface area contributed by atoms with Gasteiger partial charge in [-0.2, -0.15) is 0 Å². The number of para-hydroxylation sites is 1. The number of hydrogen-bond donors (Lipinski definition) is 0. The summed E-state index contributed by atoms with van der Waals surface area (Å²) in [6.45, 7) is 0. The number of nitrogens with zero attached hydrogens (tertiary/aromatic N) is 1. The van der Waals surface area contributed by atoms with Crippen molar-refractivity contribution in [2.75, 3.05) is 4.90 Å². The summed E-state index contributed by atoms with van der Waals surface area (Å²) in [6, 6.07) is 55.4. The molecule has 0 spiro atoms. The van der Waals surface area contributed by atoms with Crippen LogP contribution >= 0.6 is 11.3 Å². The molecule has 0 aliphatic carbocycles. The van der Waals surface area contributed by atoms with Crippen molar-refractivity contribution in [2.45, 2.75) is 0 Å². The van der Waals surface area contributed by atoms with Crippen molar-refractivity contribution in [3.63, 3.8) is 0 Å². The average molecular weight is 552 g/mol. The maximum atomic E-state index is 2.47. The van der Waals surface area contributed by atoms with Crippen LogP contribution in [0.2, 0.25) is 0 Å². The van der Waals surface area contributed by atoms with E-state index in [1.54, 1.807) is 0 Å². The molecule has 0 saturated carbocycles. The molecule has 1 nitrogen and oxygen atoms in total. The van der Waals surface area contributed by atoms with Crippen LogP contribution in [0.1, 0.15) is 0 Å². The number of benzene rings is 8. The topological polar surface area (TPSA) is 3.24 Å². The summed E-state index contributed by atoms with van der Waals surface area (Å²) in [6.07, 6.45) is 0. The predicted molar refractivity (Wildman–Crippen MR) is 184 cm³/mol. The molecule has 8 aromatic carbocycles. The number of thiophene rings is 1. The Morgan fingerprint density at radius 3 is 1.76 bits per heavy atom. The Bertz CT molecular complexity index is 2470. The number of hydrogen-bond acceptors (Lipinski definition) is 2. The van der Waals surface area contributed by atoms with Gasteiger partial charge in [0.05, 0.1) is 16.1 Å². The highest BCUT2D eigenvalue weighted by molar-refractivity contribution is 7.26. The molecule has 0 fully saturated rings. The Morgan fingerprint density at radius 2 is 0.976 bits per heavy atom.